The molecule has 4 nitrogen and oxygen atoms in total. The number of nitrogens with zero attached hydrogens (tertiary/aromatic N) is 1. The number of anilines is 1. The van der Waals surface area contributed by atoms with Crippen LogP contribution >= 0.6 is 15.9 Å². The van der Waals surface area contributed by atoms with Crippen molar-refractivity contribution in [3.63, 3.8) is 0 Å². The predicted molar refractivity (Wildman–Crippen MR) is 75.8 cm³/mol. The topological polar surface area (TPSA) is 57.8 Å². The van der Waals surface area contributed by atoms with Crippen LogP contribution in [0.1, 0.15) is 12.0 Å². The summed E-state index contributed by atoms with van der Waals surface area (Å²) in [6.45, 7) is 0.804. The second kappa shape index (κ2) is 6.35. The van der Waals surface area contributed by atoms with Crippen molar-refractivity contribution >= 4 is 21.6 Å². The van der Waals surface area contributed by atoms with Crippen molar-refractivity contribution in [2.75, 3.05) is 11.9 Å². The van der Waals surface area contributed by atoms with Gasteiger partial charge in [0.15, 0.2) is 0 Å². The van der Waals surface area contributed by atoms with Gasteiger partial charge in [-0.05, 0) is 34.3 Å². The fourth-order valence-electron chi connectivity index (χ4n) is 1.67. The number of halogens is 1. The lowest BCUT2D eigenvalue weighted by Crippen LogP contribution is -2.13. The Kier molecular flexibility index (Phi) is 4.52. The standard InChI is InChI=1S/C13H14BrN3O/c14-12-11(9-16-17-13(12)18)15-8-4-7-10-5-2-1-3-6-10/h1-3,5-6,9H,4,7-8H2,(H2,15,17,18). The van der Waals surface area contributed by atoms with Gasteiger partial charge < -0.3 is 5.32 Å². The number of hydrogen-bond acceptors (Lipinski definition) is 3. The van der Waals surface area contributed by atoms with Crippen LogP contribution in [0.5, 0.6) is 0 Å². The fourth-order valence-corrected chi connectivity index (χ4v) is 2.00. The quantitative estimate of drug-likeness (QED) is 0.835. The molecule has 2 aromatic rings. The molecule has 1 aromatic carbocycles. The van der Waals surface area contributed by atoms with Crippen LogP contribution in [-0.4, -0.2) is 16.7 Å². The van der Waals surface area contributed by atoms with E-state index in [1.165, 1.54) is 5.56 Å². The number of aromatic amines is 1. The number of aryl methyl sites for hydroxylation is 1. The van der Waals surface area contributed by atoms with E-state index < -0.39 is 0 Å². The molecule has 1 aromatic heterocycles. The van der Waals surface area contributed by atoms with Crippen LogP contribution in [0.25, 0.3) is 0 Å². The van der Waals surface area contributed by atoms with Crippen LogP contribution in [0.2, 0.25) is 0 Å². The summed E-state index contributed by atoms with van der Waals surface area (Å²) in [7, 11) is 0. The molecular weight excluding hydrogens is 294 g/mol. The summed E-state index contributed by atoms with van der Waals surface area (Å²) >= 11 is 3.23. The number of H-pyrrole nitrogens is 1. The van der Waals surface area contributed by atoms with Gasteiger partial charge in [0.2, 0.25) is 0 Å². The fraction of sp³-hybridized carbons (Fsp3) is 0.231. The van der Waals surface area contributed by atoms with Crippen LogP contribution in [-0.2, 0) is 6.42 Å². The van der Waals surface area contributed by atoms with E-state index in [1.54, 1.807) is 6.20 Å². The zero-order chi connectivity index (χ0) is 12.8. The third-order valence-electron chi connectivity index (χ3n) is 2.60. The highest BCUT2D eigenvalue weighted by Crippen LogP contribution is 2.15. The summed E-state index contributed by atoms with van der Waals surface area (Å²) in [5, 5.41) is 9.31. The molecule has 0 atom stereocenters. The molecule has 0 radical (unpaired) electrons. The maximum atomic E-state index is 11.3. The minimum atomic E-state index is -0.219. The highest BCUT2D eigenvalue weighted by molar-refractivity contribution is 9.10. The van der Waals surface area contributed by atoms with Gasteiger partial charge in [-0.2, -0.15) is 5.10 Å². The first-order chi connectivity index (χ1) is 8.77. The van der Waals surface area contributed by atoms with Crippen molar-refractivity contribution in [1.29, 1.82) is 0 Å². The summed E-state index contributed by atoms with van der Waals surface area (Å²) in [5.41, 5.74) is 1.83. The smallest absolute Gasteiger partial charge is 0.280 e. The summed E-state index contributed by atoms with van der Waals surface area (Å²) in [6.07, 6.45) is 3.62. The minimum absolute atomic E-state index is 0.219. The van der Waals surface area contributed by atoms with Gasteiger partial charge in [0, 0.05) is 6.54 Å². The van der Waals surface area contributed by atoms with Crippen LogP contribution in [0.15, 0.2) is 45.8 Å². The van der Waals surface area contributed by atoms with Crippen molar-refractivity contribution in [1.82, 2.24) is 10.2 Å². The lowest BCUT2D eigenvalue weighted by atomic mass is 10.1. The summed E-state index contributed by atoms with van der Waals surface area (Å²) in [6, 6.07) is 10.3. The van der Waals surface area contributed by atoms with Gasteiger partial charge in [0.1, 0.15) is 4.47 Å². The van der Waals surface area contributed by atoms with Crippen LogP contribution in [0.3, 0.4) is 0 Å². The van der Waals surface area contributed by atoms with Crippen molar-refractivity contribution in [3.8, 4) is 0 Å². The first-order valence-electron chi connectivity index (χ1n) is 5.78. The lowest BCUT2D eigenvalue weighted by Gasteiger charge is -2.07. The van der Waals surface area contributed by atoms with Gasteiger partial charge in [0.25, 0.3) is 5.56 Å². The molecule has 0 aliphatic carbocycles. The van der Waals surface area contributed by atoms with Gasteiger partial charge in [-0.15, -0.1) is 0 Å². The van der Waals surface area contributed by atoms with Crippen molar-refractivity contribution in [2.24, 2.45) is 0 Å². The molecular formula is C13H14BrN3O. The number of nitrogens with one attached hydrogen (secondary N) is 2. The summed E-state index contributed by atoms with van der Waals surface area (Å²) in [5.74, 6) is 0. The first-order valence-corrected chi connectivity index (χ1v) is 6.57. The highest BCUT2D eigenvalue weighted by atomic mass is 79.9. The van der Waals surface area contributed by atoms with Gasteiger partial charge in [-0.25, -0.2) is 5.10 Å². The molecule has 2 N–H and O–H groups in total. The Morgan fingerprint density at radius 3 is 2.83 bits per heavy atom. The maximum Gasteiger partial charge on any atom is 0.280 e. The molecule has 18 heavy (non-hydrogen) atoms. The summed E-state index contributed by atoms with van der Waals surface area (Å²) < 4.78 is 0.497. The Bertz CT molecular complexity index is 554. The van der Waals surface area contributed by atoms with E-state index >= 15 is 0 Å². The molecule has 0 amide bonds. The van der Waals surface area contributed by atoms with E-state index in [9.17, 15) is 4.79 Å². The molecule has 94 valence electrons. The average Bonchev–Trinajstić information content (AvgIpc) is 2.40. The Hall–Kier alpha value is -1.62. The van der Waals surface area contributed by atoms with Crippen molar-refractivity contribution in [2.45, 2.75) is 12.8 Å². The largest absolute Gasteiger partial charge is 0.383 e. The molecule has 0 unspecified atom stereocenters. The van der Waals surface area contributed by atoms with Crippen LogP contribution < -0.4 is 10.9 Å². The highest BCUT2D eigenvalue weighted by Gasteiger charge is 2.02. The van der Waals surface area contributed by atoms with Crippen LogP contribution in [0.4, 0.5) is 5.69 Å². The van der Waals surface area contributed by atoms with Crippen molar-refractivity contribution < 1.29 is 0 Å². The Morgan fingerprint density at radius 1 is 1.28 bits per heavy atom. The molecule has 0 aliphatic heterocycles. The zero-order valence-corrected chi connectivity index (χ0v) is 11.4. The van der Waals surface area contributed by atoms with E-state index in [0.717, 1.165) is 25.1 Å². The second-order valence-electron chi connectivity index (χ2n) is 3.94. The van der Waals surface area contributed by atoms with Gasteiger partial charge >= 0.3 is 0 Å². The number of rotatable bonds is 5. The molecule has 0 aliphatic rings. The van der Waals surface area contributed by atoms with E-state index in [0.29, 0.717) is 4.47 Å². The SMILES string of the molecule is O=c1[nH]ncc(NCCCc2ccccc2)c1Br. The van der Waals surface area contributed by atoms with E-state index in [4.69, 9.17) is 0 Å². The van der Waals surface area contributed by atoms with Gasteiger partial charge in [0.05, 0.1) is 11.9 Å². The van der Waals surface area contributed by atoms with E-state index in [2.05, 4.69) is 43.6 Å². The van der Waals surface area contributed by atoms with Gasteiger partial charge in [-0.3, -0.25) is 4.79 Å². The monoisotopic (exact) mass is 307 g/mol. The number of hydrogen-bond donors (Lipinski definition) is 2. The molecule has 1 heterocycles. The minimum Gasteiger partial charge on any atom is -0.383 e. The molecule has 5 heteroatoms. The van der Waals surface area contributed by atoms with Crippen LogP contribution in [0, 0.1) is 0 Å². The Labute approximate surface area is 114 Å². The normalized spacial score (nSPS) is 10.3. The Balaban J connectivity index is 1.82. The third-order valence-corrected chi connectivity index (χ3v) is 3.38. The summed E-state index contributed by atoms with van der Waals surface area (Å²) in [4.78, 5) is 11.3. The Morgan fingerprint density at radius 2 is 2.06 bits per heavy atom. The van der Waals surface area contributed by atoms with E-state index in [-0.39, 0.29) is 5.56 Å². The van der Waals surface area contributed by atoms with Crippen molar-refractivity contribution in [3.05, 3.63) is 56.9 Å². The molecule has 0 saturated heterocycles. The molecule has 2 rings (SSSR count). The molecule has 0 bridgehead atoms. The average molecular weight is 308 g/mol. The number of aromatic nitrogens is 2. The molecule has 0 saturated carbocycles. The van der Waals surface area contributed by atoms with Gasteiger partial charge in [-0.1, -0.05) is 30.3 Å². The number of benzene rings is 1. The predicted octanol–water partition coefficient (Wildman–Crippen LogP) is 2.58. The third kappa shape index (κ3) is 3.43. The second-order valence-corrected chi connectivity index (χ2v) is 4.74. The molecule has 0 fully saturated rings. The lowest BCUT2D eigenvalue weighted by molar-refractivity contribution is 0.858. The first kappa shape index (κ1) is 12.8. The maximum absolute atomic E-state index is 11.3. The van der Waals surface area contributed by atoms with E-state index in [1.807, 2.05) is 18.2 Å². The molecule has 0 spiro atoms. The zero-order valence-electron chi connectivity index (χ0n) is 9.82.